The Hall–Kier alpha value is -1.86. The first-order chi connectivity index (χ1) is 12.2. The summed E-state index contributed by atoms with van der Waals surface area (Å²) in [7, 11) is 0. The Bertz CT molecular complexity index is 709. The van der Waals surface area contributed by atoms with E-state index in [9.17, 15) is 4.79 Å². The van der Waals surface area contributed by atoms with E-state index < -0.39 is 0 Å². The molecule has 1 amide bonds. The van der Waals surface area contributed by atoms with Crippen molar-refractivity contribution in [2.45, 2.75) is 37.9 Å². The van der Waals surface area contributed by atoms with Gasteiger partial charge in [-0.2, -0.15) is 0 Å². The first-order valence-corrected chi connectivity index (χ1v) is 9.76. The molecule has 2 heterocycles. The van der Waals surface area contributed by atoms with Crippen LogP contribution in [0.1, 0.15) is 25.3 Å². The summed E-state index contributed by atoms with van der Waals surface area (Å²) < 4.78 is 1.94. The maximum atomic E-state index is 12.3. The summed E-state index contributed by atoms with van der Waals surface area (Å²) in [5.74, 6) is 0.428. The number of hydrogen-bond acceptors (Lipinski definition) is 5. The third kappa shape index (κ3) is 4.61. The second kappa shape index (κ2) is 8.49. The van der Waals surface area contributed by atoms with Crippen LogP contribution < -0.4 is 5.32 Å². The normalized spacial score (nSPS) is 16.1. The van der Waals surface area contributed by atoms with Crippen LogP contribution in [0.3, 0.4) is 0 Å². The van der Waals surface area contributed by atoms with E-state index in [1.165, 1.54) is 11.8 Å². The molecule has 0 radical (unpaired) electrons. The van der Waals surface area contributed by atoms with Crippen LogP contribution in [0.4, 0.5) is 0 Å². The number of hydrogen-bond donors (Lipinski definition) is 1. The van der Waals surface area contributed by atoms with Crippen molar-refractivity contribution >= 4 is 17.7 Å². The molecular weight excluding hydrogens is 334 g/mol. The number of thioether (sulfide) groups is 1. The van der Waals surface area contributed by atoms with Gasteiger partial charge in [0.1, 0.15) is 6.33 Å². The molecule has 1 N–H and O–H groups in total. The number of nitrogens with one attached hydrogen (secondary N) is 1. The Morgan fingerprint density at radius 3 is 2.80 bits per heavy atom. The van der Waals surface area contributed by atoms with Gasteiger partial charge in [0.05, 0.1) is 11.4 Å². The van der Waals surface area contributed by atoms with Crippen molar-refractivity contribution in [2.75, 3.05) is 25.4 Å². The zero-order valence-electron chi connectivity index (χ0n) is 14.8. The highest BCUT2D eigenvalue weighted by atomic mass is 32.2. The Labute approximate surface area is 153 Å². The Morgan fingerprint density at radius 2 is 2.08 bits per heavy atom. The average molecular weight is 359 g/mol. The fourth-order valence-corrected chi connectivity index (χ4v) is 3.85. The molecule has 0 aliphatic carbocycles. The van der Waals surface area contributed by atoms with Crippen LogP contribution in [0, 0.1) is 6.92 Å². The van der Waals surface area contributed by atoms with Crippen molar-refractivity contribution in [3.05, 3.63) is 36.2 Å². The molecule has 2 aromatic rings. The van der Waals surface area contributed by atoms with Gasteiger partial charge in [-0.3, -0.25) is 9.36 Å². The average Bonchev–Trinajstić information content (AvgIpc) is 3.09. The van der Waals surface area contributed by atoms with Crippen molar-refractivity contribution in [3.63, 3.8) is 0 Å². The number of para-hydroxylation sites is 1. The van der Waals surface area contributed by atoms with Crippen LogP contribution in [0.2, 0.25) is 0 Å². The maximum Gasteiger partial charge on any atom is 0.230 e. The molecule has 0 atom stereocenters. The van der Waals surface area contributed by atoms with E-state index in [0.29, 0.717) is 11.8 Å². The standard InChI is InChI=1S/C18H25N5OS/c1-3-22-10-8-15(9-11-22)20-17(24)12-25-18-21-19-13-23(18)16-7-5-4-6-14(16)2/h4-7,13,15H,3,8-12H2,1-2H3,(H,20,24). The predicted molar refractivity (Wildman–Crippen MR) is 100 cm³/mol. The SMILES string of the molecule is CCN1CCC(NC(=O)CSc2nncn2-c2ccccc2C)CC1. The van der Waals surface area contributed by atoms with Crippen molar-refractivity contribution < 1.29 is 4.79 Å². The number of amides is 1. The number of benzene rings is 1. The van der Waals surface area contributed by atoms with Crippen LogP contribution in [-0.2, 0) is 4.79 Å². The zero-order chi connectivity index (χ0) is 17.6. The summed E-state index contributed by atoms with van der Waals surface area (Å²) >= 11 is 1.43. The highest BCUT2D eigenvalue weighted by Gasteiger charge is 2.20. The summed E-state index contributed by atoms with van der Waals surface area (Å²) in [6, 6.07) is 8.38. The minimum Gasteiger partial charge on any atom is -0.353 e. The van der Waals surface area contributed by atoms with E-state index >= 15 is 0 Å². The number of rotatable bonds is 6. The van der Waals surface area contributed by atoms with Crippen molar-refractivity contribution in [3.8, 4) is 5.69 Å². The van der Waals surface area contributed by atoms with Crippen molar-refractivity contribution in [1.29, 1.82) is 0 Å². The van der Waals surface area contributed by atoms with Gasteiger partial charge in [-0.15, -0.1) is 10.2 Å². The van der Waals surface area contributed by atoms with Crippen LogP contribution in [0.15, 0.2) is 35.7 Å². The fourth-order valence-electron chi connectivity index (χ4n) is 3.11. The van der Waals surface area contributed by atoms with Gasteiger partial charge in [0, 0.05) is 19.1 Å². The summed E-state index contributed by atoms with van der Waals surface area (Å²) in [6.07, 6.45) is 3.76. The molecule has 134 valence electrons. The van der Waals surface area contributed by atoms with Gasteiger partial charge in [0.25, 0.3) is 0 Å². The molecule has 0 saturated carbocycles. The van der Waals surface area contributed by atoms with Gasteiger partial charge in [-0.05, 0) is 37.9 Å². The lowest BCUT2D eigenvalue weighted by Gasteiger charge is -2.31. The molecule has 0 bridgehead atoms. The molecule has 1 aliphatic heterocycles. The van der Waals surface area contributed by atoms with Crippen molar-refractivity contribution in [1.82, 2.24) is 25.0 Å². The van der Waals surface area contributed by atoms with Gasteiger partial charge in [-0.1, -0.05) is 36.9 Å². The number of aromatic nitrogens is 3. The zero-order valence-corrected chi connectivity index (χ0v) is 15.6. The molecule has 7 heteroatoms. The lowest BCUT2D eigenvalue weighted by atomic mass is 10.1. The fraction of sp³-hybridized carbons (Fsp3) is 0.500. The number of nitrogens with zero attached hydrogens (tertiary/aromatic N) is 4. The molecule has 0 spiro atoms. The molecule has 1 aliphatic rings. The second-order valence-corrected chi connectivity index (χ2v) is 7.28. The molecule has 25 heavy (non-hydrogen) atoms. The molecule has 1 fully saturated rings. The van der Waals surface area contributed by atoms with E-state index in [4.69, 9.17) is 0 Å². The smallest absolute Gasteiger partial charge is 0.230 e. The molecule has 1 aromatic heterocycles. The van der Waals surface area contributed by atoms with Crippen LogP contribution >= 0.6 is 11.8 Å². The highest BCUT2D eigenvalue weighted by molar-refractivity contribution is 7.99. The lowest BCUT2D eigenvalue weighted by Crippen LogP contribution is -2.45. The highest BCUT2D eigenvalue weighted by Crippen LogP contribution is 2.21. The second-order valence-electron chi connectivity index (χ2n) is 6.33. The van der Waals surface area contributed by atoms with Gasteiger partial charge in [0.15, 0.2) is 5.16 Å². The van der Waals surface area contributed by atoms with E-state index in [2.05, 4.69) is 40.3 Å². The van der Waals surface area contributed by atoms with E-state index in [1.807, 2.05) is 22.8 Å². The van der Waals surface area contributed by atoms with Gasteiger partial charge >= 0.3 is 0 Å². The first kappa shape index (κ1) is 17.9. The Balaban J connectivity index is 1.54. The Kier molecular flexibility index (Phi) is 6.09. The van der Waals surface area contributed by atoms with E-state index in [-0.39, 0.29) is 5.91 Å². The molecule has 1 aromatic carbocycles. The van der Waals surface area contributed by atoms with Gasteiger partial charge in [0.2, 0.25) is 5.91 Å². The number of carbonyl (C=O) groups is 1. The maximum absolute atomic E-state index is 12.3. The Morgan fingerprint density at radius 1 is 1.32 bits per heavy atom. The predicted octanol–water partition coefficient (Wildman–Crippen LogP) is 2.27. The topological polar surface area (TPSA) is 63.1 Å². The van der Waals surface area contributed by atoms with Crippen molar-refractivity contribution in [2.24, 2.45) is 0 Å². The minimum atomic E-state index is 0.0688. The molecular formula is C18H25N5OS. The summed E-state index contributed by atoms with van der Waals surface area (Å²) in [4.78, 5) is 14.7. The molecule has 0 unspecified atom stereocenters. The number of likely N-dealkylation sites (tertiary alicyclic amines) is 1. The van der Waals surface area contributed by atoms with Gasteiger partial charge in [-0.25, -0.2) is 0 Å². The van der Waals surface area contributed by atoms with Crippen LogP contribution in [0.25, 0.3) is 5.69 Å². The molecule has 3 rings (SSSR count). The number of aryl methyl sites for hydroxylation is 1. The first-order valence-electron chi connectivity index (χ1n) is 8.78. The lowest BCUT2D eigenvalue weighted by molar-refractivity contribution is -0.119. The third-order valence-electron chi connectivity index (χ3n) is 4.62. The third-order valence-corrected chi connectivity index (χ3v) is 5.57. The minimum absolute atomic E-state index is 0.0688. The van der Waals surface area contributed by atoms with E-state index in [0.717, 1.165) is 48.9 Å². The van der Waals surface area contributed by atoms with Crippen LogP contribution in [0.5, 0.6) is 0 Å². The van der Waals surface area contributed by atoms with Gasteiger partial charge < -0.3 is 10.2 Å². The number of carbonyl (C=O) groups excluding carboxylic acids is 1. The summed E-state index contributed by atoms with van der Waals surface area (Å²) in [5, 5.41) is 12.1. The quantitative estimate of drug-likeness (QED) is 0.802. The summed E-state index contributed by atoms with van der Waals surface area (Å²) in [5.41, 5.74) is 2.19. The largest absolute Gasteiger partial charge is 0.353 e. The monoisotopic (exact) mass is 359 g/mol. The van der Waals surface area contributed by atoms with Crippen LogP contribution in [-0.4, -0.2) is 57.0 Å². The summed E-state index contributed by atoms with van der Waals surface area (Å²) in [6.45, 7) is 7.46. The molecule has 6 nitrogen and oxygen atoms in total. The molecule has 1 saturated heterocycles. The van der Waals surface area contributed by atoms with E-state index in [1.54, 1.807) is 6.33 Å². The number of piperidine rings is 1.